The summed E-state index contributed by atoms with van der Waals surface area (Å²) in [6, 6.07) is 11.5. The number of hydrogen-bond donors (Lipinski definition) is 0. The lowest BCUT2D eigenvalue weighted by molar-refractivity contribution is -0.122. The molecule has 1 fully saturated rings. The van der Waals surface area contributed by atoms with Gasteiger partial charge >= 0.3 is 0 Å². The number of imide groups is 1. The van der Waals surface area contributed by atoms with Crippen LogP contribution in [0, 0.1) is 6.92 Å². The highest BCUT2D eigenvalue weighted by Gasteiger charge is 2.34. The van der Waals surface area contributed by atoms with E-state index in [1.54, 1.807) is 18.2 Å². The molecular weight excluding hydrogens is 410 g/mol. The number of amides is 2. The summed E-state index contributed by atoms with van der Waals surface area (Å²) in [6.45, 7) is 4.72. The van der Waals surface area contributed by atoms with Crippen LogP contribution in [0.1, 0.15) is 30.0 Å². The number of methoxy groups -OCH3 is 1. The molecule has 0 aromatic heterocycles. The molecule has 3 rings (SSSR count). The van der Waals surface area contributed by atoms with E-state index in [0.29, 0.717) is 40.1 Å². The molecule has 1 aliphatic rings. The van der Waals surface area contributed by atoms with Gasteiger partial charge in [-0.05, 0) is 54.4 Å². The zero-order valence-corrected chi connectivity index (χ0v) is 18.1. The van der Waals surface area contributed by atoms with Gasteiger partial charge in [0.15, 0.2) is 11.5 Å². The van der Waals surface area contributed by atoms with Crippen LogP contribution in [-0.2, 0) is 11.4 Å². The third-order valence-electron chi connectivity index (χ3n) is 4.37. The number of rotatable bonds is 7. The fraction of sp³-hybridized carbons (Fsp3) is 0.273. The number of benzene rings is 2. The van der Waals surface area contributed by atoms with Crippen LogP contribution in [0.25, 0.3) is 6.08 Å². The maximum absolute atomic E-state index is 12.4. The molecule has 29 heavy (non-hydrogen) atoms. The standard InChI is InChI=1S/C22H22ClNO4S/c1-4-9-24-21(25)19(29-22(24)26)12-16-10-17(23)20(18(11-16)27-3)28-13-15-7-5-14(2)6-8-15/h5-8,10-12H,4,9,13H2,1-3H3/b19-12+. The first kappa shape index (κ1) is 21.3. The third-order valence-corrected chi connectivity index (χ3v) is 5.56. The average molecular weight is 432 g/mol. The molecule has 1 saturated heterocycles. The topological polar surface area (TPSA) is 55.8 Å². The van der Waals surface area contributed by atoms with E-state index in [2.05, 4.69) is 0 Å². The molecule has 0 spiro atoms. The number of carbonyl (C=O) groups is 2. The van der Waals surface area contributed by atoms with Gasteiger partial charge in [-0.25, -0.2) is 0 Å². The van der Waals surface area contributed by atoms with Crippen LogP contribution in [0.15, 0.2) is 41.3 Å². The predicted molar refractivity (Wildman–Crippen MR) is 116 cm³/mol. The second kappa shape index (κ2) is 9.37. The Morgan fingerprint density at radius 1 is 1.17 bits per heavy atom. The normalized spacial score (nSPS) is 15.3. The molecule has 0 radical (unpaired) electrons. The van der Waals surface area contributed by atoms with Crippen LogP contribution in [-0.4, -0.2) is 29.7 Å². The van der Waals surface area contributed by atoms with E-state index in [4.69, 9.17) is 21.1 Å². The van der Waals surface area contributed by atoms with Crippen LogP contribution >= 0.6 is 23.4 Å². The Kier molecular flexibility index (Phi) is 6.87. The number of carbonyl (C=O) groups excluding carboxylic acids is 2. The molecule has 0 atom stereocenters. The molecule has 5 nitrogen and oxygen atoms in total. The summed E-state index contributed by atoms with van der Waals surface area (Å²) in [5, 5.41) is 0.120. The molecule has 7 heteroatoms. The first-order valence-corrected chi connectivity index (χ1v) is 10.4. The SMILES string of the molecule is CCCN1C(=O)S/C(=C/c2cc(Cl)c(OCc3ccc(C)cc3)c(OC)c2)C1=O. The van der Waals surface area contributed by atoms with Crippen LogP contribution in [0.2, 0.25) is 5.02 Å². The van der Waals surface area contributed by atoms with Crippen molar-refractivity contribution in [3.05, 3.63) is 63.0 Å². The lowest BCUT2D eigenvalue weighted by Gasteiger charge is -2.14. The van der Waals surface area contributed by atoms with Crippen molar-refractivity contribution in [1.82, 2.24) is 4.90 Å². The Morgan fingerprint density at radius 3 is 2.55 bits per heavy atom. The smallest absolute Gasteiger partial charge is 0.293 e. The largest absolute Gasteiger partial charge is 0.493 e. The van der Waals surface area contributed by atoms with Crippen LogP contribution in [0.4, 0.5) is 4.79 Å². The van der Waals surface area contributed by atoms with Crippen molar-refractivity contribution in [2.45, 2.75) is 26.9 Å². The molecule has 0 bridgehead atoms. The highest BCUT2D eigenvalue weighted by molar-refractivity contribution is 8.18. The molecule has 0 aliphatic carbocycles. The van der Waals surface area contributed by atoms with E-state index in [1.807, 2.05) is 38.1 Å². The molecule has 0 unspecified atom stereocenters. The summed E-state index contributed by atoms with van der Waals surface area (Å²) in [6.07, 6.45) is 2.37. The summed E-state index contributed by atoms with van der Waals surface area (Å²) >= 11 is 7.36. The summed E-state index contributed by atoms with van der Waals surface area (Å²) in [5.74, 6) is 0.617. The molecular formula is C22H22ClNO4S. The molecule has 152 valence electrons. The number of nitrogens with zero attached hydrogens (tertiary/aromatic N) is 1. The minimum atomic E-state index is -0.281. The summed E-state index contributed by atoms with van der Waals surface area (Å²) in [7, 11) is 1.53. The average Bonchev–Trinajstić information content (AvgIpc) is 2.96. The van der Waals surface area contributed by atoms with Gasteiger partial charge in [-0.3, -0.25) is 14.5 Å². The van der Waals surface area contributed by atoms with E-state index in [1.165, 1.54) is 17.6 Å². The van der Waals surface area contributed by atoms with Gasteiger partial charge < -0.3 is 9.47 Å². The van der Waals surface area contributed by atoms with Crippen molar-refractivity contribution < 1.29 is 19.1 Å². The molecule has 2 amide bonds. The minimum absolute atomic E-state index is 0.251. The fourth-order valence-corrected chi connectivity index (χ4v) is 4.01. The van der Waals surface area contributed by atoms with Gasteiger partial charge in [-0.1, -0.05) is 48.4 Å². The minimum Gasteiger partial charge on any atom is -0.493 e. The van der Waals surface area contributed by atoms with Gasteiger partial charge in [0.2, 0.25) is 0 Å². The lowest BCUT2D eigenvalue weighted by Crippen LogP contribution is -2.28. The monoisotopic (exact) mass is 431 g/mol. The predicted octanol–water partition coefficient (Wildman–Crippen LogP) is 5.68. The summed E-state index contributed by atoms with van der Waals surface area (Å²) < 4.78 is 11.3. The summed E-state index contributed by atoms with van der Waals surface area (Å²) in [5.41, 5.74) is 2.86. The highest BCUT2D eigenvalue weighted by atomic mass is 35.5. The zero-order valence-electron chi connectivity index (χ0n) is 16.5. The first-order valence-electron chi connectivity index (χ1n) is 9.24. The number of aryl methyl sites for hydroxylation is 1. The van der Waals surface area contributed by atoms with E-state index >= 15 is 0 Å². The highest BCUT2D eigenvalue weighted by Crippen LogP contribution is 2.39. The number of thioether (sulfide) groups is 1. The maximum Gasteiger partial charge on any atom is 0.293 e. The molecule has 0 N–H and O–H groups in total. The first-order chi connectivity index (χ1) is 13.9. The van der Waals surface area contributed by atoms with E-state index in [0.717, 1.165) is 23.7 Å². The van der Waals surface area contributed by atoms with Crippen molar-refractivity contribution in [2.24, 2.45) is 0 Å². The van der Waals surface area contributed by atoms with E-state index < -0.39 is 0 Å². The molecule has 0 saturated carbocycles. The van der Waals surface area contributed by atoms with Crippen molar-refractivity contribution in [1.29, 1.82) is 0 Å². The second-order valence-corrected chi connectivity index (χ2v) is 8.04. The number of hydrogen-bond acceptors (Lipinski definition) is 5. The van der Waals surface area contributed by atoms with Crippen molar-refractivity contribution in [3.63, 3.8) is 0 Å². The van der Waals surface area contributed by atoms with E-state index in [-0.39, 0.29) is 11.1 Å². The van der Waals surface area contributed by atoms with Crippen LogP contribution in [0.3, 0.4) is 0 Å². The Labute approximate surface area is 179 Å². The van der Waals surface area contributed by atoms with Crippen LogP contribution < -0.4 is 9.47 Å². The van der Waals surface area contributed by atoms with E-state index in [9.17, 15) is 9.59 Å². The Morgan fingerprint density at radius 2 is 1.90 bits per heavy atom. The van der Waals surface area contributed by atoms with Crippen LogP contribution in [0.5, 0.6) is 11.5 Å². The van der Waals surface area contributed by atoms with Gasteiger partial charge in [-0.2, -0.15) is 0 Å². The second-order valence-electron chi connectivity index (χ2n) is 6.64. The van der Waals surface area contributed by atoms with Crippen molar-refractivity contribution in [3.8, 4) is 11.5 Å². The van der Waals surface area contributed by atoms with Gasteiger partial charge in [0.05, 0.1) is 17.0 Å². The van der Waals surface area contributed by atoms with Gasteiger partial charge in [0, 0.05) is 6.54 Å². The maximum atomic E-state index is 12.4. The van der Waals surface area contributed by atoms with Gasteiger partial charge in [0.1, 0.15) is 6.61 Å². The molecule has 1 heterocycles. The summed E-state index contributed by atoms with van der Waals surface area (Å²) in [4.78, 5) is 26.1. The fourth-order valence-electron chi connectivity index (χ4n) is 2.87. The third kappa shape index (κ3) is 4.95. The number of ether oxygens (including phenoxy) is 2. The van der Waals surface area contributed by atoms with Gasteiger partial charge in [0.25, 0.3) is 11.1 Å². The Bertz CT molecular complexity index is 956. The molecule has 1 aliphatic heterocycles. The number of halogens is 1. The Hall–Kier alpha value is -2.44. The van der Waals surface area contributed by atoms with Gasteiger partial charge in [-0.15, -0.1) is 0 Å². The molecule has 2 aromatic carbocycles. The molecule has 2 aromatic rings. The lowest BCUT2D eigenvalue weighted by atomic mass is 10.1. The zero-order chi connectivity index (χ0) is 21.0. The van der Waals surface area contributed by atoms with Crippen molar-refractivity contribution >= 4 is 40.6 Å². The Balaban J connectivity index is 1.82. The quantitative estimate of drug-likeness (QED) is 0.527. The van der Waals surface area contributed by atoms with Crippen molar-refractivity contribution in [2.75, 3.05) is 13.7 Å².